The summed E-state index contributed by atoms with van der Waals surface area (Å²) in [5.74, 6) is 1.90. The first-order valence-corrected chi connectivity index (χ1v) is 8.06. The van der Waals surface area contributed by atoms with Gasteiger partial charge in [0, 0.05) is 13.2 Å². The normalized spacial score (nSPS) is 28.9. The highest BCUT2D eigenvalue weighted by atomic mass is 16.5. The fourth-order valence-electron chi connectivity index (χ4n) is 3.00. The second kappa shape index (κ2) is 7.64. The quantitative estimate of drug-likeness (QED) is 0.731. The molecule has 0 amide bonds. The standard InChI is InChI=1S/C17H34O2/c1-13(2)8-10-19-11-9-14-12-15(17(3,4)5)6-7-16(14)18/h13-16,18H,6-12H2,1-5H3. The molecule has 0 bridgehead atoms. The average Bonchev–Trinajstić information content (AvgIpc) is 2.29. The molecule has 0 heterocycles. The topological polar surface area (TPSA) is 29.5 Å². The van der Waals surface area contributed by atoms with Crippen LogP contribution in [0.5, 0.6) is 0 Å². The van der Waals surface area contributed by atoms with Gasteiger partial charge in [-0.15, -0.1) is 0 Å². The summed E-state index contributed by atoms with van der Waals surface area (Å²) in [4.78, 5) is 0. The molecule has 1 N–H and O–H groups in total. The van der Waals surface area contributed by atoms with Crippen LogP contribution in [0.2, 0.25) is 0 Å². The van der Waals surface area contributed by atoms with Crippen molar-refractivity contribution in [3.63, 3.8) is 0 Å². The lowest BCUT2D eigenvalue weighted by atomic mass is 9.67. The summed E-state index contributed by atoms with van der Waals surface area (Å²) >= 11 is 0. The van der Waals surface area contributed by atoms with E-state index in [1.807, 2.05) is 0 Å². The lowest BCUT2D eigenvalue weighted by molar-refractivity contribution is 0.000480. The molecule has 1 rings (SSSR count). The predicted octanol–water partition coefficient (Wildman–Crippen LogP) is 4.26. The molecule has 114 valence electrons. The van der Waals surface area contributed by atoms with E-state index in [4.69, 9.17) is 4.74 Å². The summed E-state index contributed by atoms with van der Waals surface area (Å²) in [5, 5.41) is 10.1. The van der Waals surface area contributed by atoms with E-state index in [2.05, 4.69) is 34.6 Å². The third kappa shape index (κ3) is 6.27. The van der Waals surface area contributed by atoms with Gasteiger partial charge >= 0.3 is 0 Å². The Hall–Kier alpha value is -0.0800. The van der Waals surface area contributed by atoms with Gasteiger partial charge in [0.15, 0.2) is 0 Å². The fraction of sp³-hybridized carbons (Fsp3) is 1.00. The van der Waals surface area contributed by atoms with Crippen LogP contribution in [-0.4, -0.2) is 24.4 Å². The first-order chi connectivity index (χ1) is 8.80. The summed E-state index contributed by atoms with van der Waals surface area (Å²) < 4.78 is 5.71. The molecule has 0 aromatic carbocycles. The van der Waals surface area contributed by atoms with Crippen molar-refractivity contribution in [2.24, 2.45) is 23.2 Å². The van der Waals surface area contributed by atoms with Crippen LogP contribution in [0.3, 0.4) is 0 Å². The molecule has 1 aliphatic rings. The zero-order valence-electron chi connectivity index (χ0n) is 13.6. The molecular formula is C17H34O2. The SMILES string of the molecule is CC(C)CCOCCC1CC(C(C)(C)C)CCC1O. The van der Waals surface area contributed by atoms with Crippen LogP contribution < -0.4 is 0 Å². The van der Waals surface area contributed by atoms with Gasteiger partial charge in [-0.2, -0.15) is 0 Å². The lowest BCUT2D eigenvalue weighted by Gasteiger charge is -2.40. The van der Waals surface area contributed by atoms with E-state index in [1.165, 1.54) is 6.42 Å². The number of ether oxygens (including phenoxy) is 1. The summed E-state index contributed by atoms with van der Waals surface area (Å²) in [6.45, 7) is 13.1. The van der Waals surface area contributed by atoms with Crippen molar-refractivity contribution >= 4 is 0 Å². The lowest BCUT2D eigenvalue weighted by Crippen LogP contribution is -2.35. The Labute approximate surface area is 119 Å². The van der Waals surface area contributed by atoms with Crippen LogP contribution in [0.15, 0.2) is 0 Å². The van der Waals surface area contributed by atoms with Crippen LogP contribution in [0.1, 0.15) is 66.7 Å². The number of hydrogen-bond donors (Lipinski definition) is 1. The molecule has 0 aromatic rings. The van der Waals surface area contributed by atoms with Gasteiger partial charge in [-0.25, -0.2) is 0 Å². The van der Waals surface area contributed by atoms with Gasteiger partial charge in [-0.05, 0) is 55.3 Å². The Morgan fingerprint density at radius 2 is 1.84 bits per heavy atom. The Bertz CT molecular complexity index is 242. The number of aliphatic hydroxyl groups is 1. The first-order valence-electron chi connectivity index (χ1n) is 8.06. The van der Waals surface area contributed by atoms with E-state index in [1.54, 1.807) is 0 Å². The highest BCUT2D eigenvalue weighted by molar-refractivity contribution is 4.85. The Balaban J connectivity index is 2.27. The second-order valence-electron chi connectivity index (χ2n) is 7.79. The van der Waals surface area contributed by atoms with Crippen LogP contribution in [-0.2, 0) is 4.74 Å². The molecule has 19 heavy (non-hydrogen) atoms. The second-order valence-corrected chi connectivity index (χ2v) is 7.79. The summed E-state index contributed by atoms with van der Waals surface area (Å²) in [7, 11) is 0. The maximum absolute atomic E-state index is 10.1. The maximum Gasteiger partial charge on any atom is 0.0569 e. The summed E-state index contributed by atoms with van der Waals surface area (Å²) in [5.41, 5.74) is 0.372. The van der Waals surface area contributed by atoms with Gasteiger partial charge in [0.2, 0.25) is 0 Å². The van der Waals surface area contributed by atoms with E-state index in [-0.39, 0.29) is 6.10 Å². The molecular weight excluding hydrogens is 236 g/mol. The molecule has 0 aromatic heterocycles. The molecule has 0 spiro atoms. The molecule has 2 heteroatoms. The van der Waals surface area contributed by atoms with Crippen molar-refractivity contribution in [2.45, 2.75) is 72.8 Å². The fourth-order valence-corrected chi connectivity index (χ4v) is 3.00. The molecule has 1 saturated carbocycles. The first kappa shape index (κ1) is 17.0. The van der Waals surface area contributed by atoms with E-state index in [0.717, 1.165) is 44.8 Å². The molecule has 0 radical (unpaired) electrons. The Morgan fingerprint density at radius 3 is 2.42 bits per heavy atom. The van der Waals surface area contributed by atoms with Crippen molar-refractivity contribution in [1.82, 2.24) is 0 Å². The van der Waals surface area contributed by atoms with Gasteiger partial charge in [0.05, 0.1) is 6.10 Å². The zero-order valence-corrected chi connectivity index (χ0v) is 13.6. The number of rotatable bonds is 6. The highest BCUT2D eigenvalue weighted by Crippen LogP contribution is 2.41. The monoisotopic (exact) mass is 270 g/mol. The van der Waals surface area contributed by atoms with Gasteiger partial charge in [-0.1, -0.05) is 34.6 Å². The van der Waals surface area contributed by atoms with E-state index in [0.29, 0.717) is 17.3 Å². The maximum atomic E-state index is 10.1. The molecule has 0 aliphatic heterocycles. The average molecular weight is 270 g/mol. The molecule has 1 aliphatic carbocycles. The predicted molar refractivity (Wildman–Crippen MR) is 81.2 cm³/mol. The van der Waals surface area contributed by atoms with Crippen LogP contribution in [0.4, 0.5) is 0 Å². The molecule has 3 atom stereocenters. The van der Waals surface area contributed by atoms with Crippen molar-refractivity contribution < 1.29 is 9.84 Å². The van der Waals surface area contributed by atoms with Crippen molar-refractivity contribution in [1.29, 1.82) is 0 Å². The van der Waals surface area contributed by atoms with Gasteiger partial charge in [0.1, 0.15) is 0 Å². The summed E-state index contributed by atoms with van der Waals surface area (Å²) in [6.07, 6.45) is 5.36. The minimum absolute atomic E-state index is 0.104. The van der Waals surface area contributed by atoms with Crippen molar-refractivity contribution in [3.8, 4) is 0 Å². The minimum atomic E-state index is -0.104. The zero-order chi connectivity index (χ0) is 14.5. The third-order valence-electron chi connectivity index (χ3n) is 4.64. The third-order valence-corrected chi connectivity index (χ3v) is 4.64. The minimum Gasteiger partial charge on any atom is -0.393 e. The molecule has 3 unspecified atom stereocenters. The van der Waals surface area contributed by atoms with Crippen molar-refractivity contribution in [3.05, 3.63) is 0 Å². The van der Waals surface area contributed by atoms with Crippen LogP contribution in [0, 0.1) is 23.2 Å². The molecule has 1 fully saturated rings. The number of aliphatic hydroxyl groups excluding tert-OH is 1. The Morgan fingerprint density at radius 1 is 1.16 bits per heavy atom. The van der Waals surface area contributed by atoms with E-state index < -0.39 is 0 Å². The van der Waals surface area contributed by atoms with Gasteiger partial charge < -0.3 is 9.84 Å². The smallest absolute Gasteiger partial charge is 0.0569 e. The van der Waals surface area contributed by atoms with Gasteiger partial charge in [0.25, 0.3) is 0 Å². The summed E-state index contributed by atoms with van der Waals surface area (Å²) in [6, 6.07) is 0. The largest absolute Gasteiger partial charge is 0.393 e. The van der Waals surface area contributed by atoms with Crippen molar-refractivity contribution in [2.75, 3.05) is 13.2 Å². The van der Waals surface area contributed by atoms with Gasteiger partial charge in [-0.3, -0.25) is 0 Å². The Kier molecular flexibility index (Phi) is 6.82. The van der Waals surface area contributed by atoms with Crippen LogP contribution in [0.25, 0.3) is 0 Å². The van der Waals surface area contributed by atoms with E-state index in [9.17, 15) is 5.11 Å². The van der Waals surface area contributed by atoms with E-state index >= 15 is 0 Å². The molecule has 2 nitrogen and oxygen atoms in total. The van der Waals surface area contributed by atoms with Crippen LogP contribution >= 0.6 is 0 Å². The molecule has 0 saturated heterocycles. The number of hydrogen-bond acceptors (Lipinski definition) is 2. The highest BCUT2D eigenvalue weighted by Gasteiger charge is 2.34.